The van der Waals surface area contributed by atoms with Gasteiger partial charge < -0.3 is 10.6 Å². The van der Waals surface area contributed by atoms with Crippen LogP contribution in [0.5, 0.6) is 0 Å². The molecule has 0 bridgehead atoms. The van der Waals surface area contributed by atoms with E-state index in [0.717, 1.165) is 11.9 Å². The van der Waals surface area contributed by atoms with Gasteiger partial charge in [-0.1, -0.05) is 18.2 Å². The highest BCUT2D eigenvalue weighted by atomic mass is 19.4. The Labute approximate surface area is 114 Å². The van der Waals surface area contributed by atoms with Crippen molar-refractivity contribution in [2.45, 2.75) is 31.6 Å². The van der Waals surface area contributed by atoms with Crippen molar-refractivity contribution in [3.63, 3.8) is 0 Å². The number of likely N-dealkylation sites (N-methyl/N-ethyl adjacent to an activating group) is 1. The van der Waals surface area contributed by atoms with Gasteiger partial charge in [-0.05, 0) is 19.9 Å². The summed E-state index contributed by atoms with van der Waals surface area (Å²) in [6.07, 6.45) is -4.88. The highest BCUT2D eigenvalue weighted by molar-refractivity contribution is 5.86. The van der Waals surface area contributed by atoms with E-state index in [1.54, 1.807) is 6.07 Å². The van der Waals surface area contributed by atoms with E-state index in [-0.39, 0.29) is 5.56 Å². The molecule has 3 nitrogen and oxygen atoms in total. The van der Waals surface area contributed by atoms with Gasteiger partial charge >= 0.3 is 6.18 Å². The molecule has 1 aromatic rings. The molecule has 1 amide bonds. The Hall–Kier alpha value is -1.63. The number of alkyl halides is 3. The van der Waals surface area contributed by atoms with Gasteiger partial charge in [-0.25, -0.2) is 4.39 Å². The lowest BCUT2D eigenvalue weighted by Crippen LogP contribution is -2.61. The Kier molecular flexibility index (Phi) is 4.43. The highest BCUT2D eigenvalue weighted by Gasteiger charge is 2.55. The summed E-state index contributed by atoms with van der Waals surface area (Å²) in [4.78, 5) is 12.7. The van der Waals surface area contributed by atoms with E-state index in [9.17, 15) is 22.4 Å². The summed E-state index contributed by atoms with van der Waals surface area (Å²) in [6.45, 7) is 2.03. The first-order chi connectivity index (χ1) is 9.00. The summed E-state index contributed by atoms with van der Waals surface area (Å²) in [5, 5.41) is 0. The quantitative estimate of drug-likeness (QED) is 0.871. The first-order valence-corrected chi connectivity index (χ1v) is 5.87. The first kappa shape index (κ1) is 16.4. The van der Waals surface area contributed by atoms with Gasteiger partial charge in [0.25, 0.3) is 5.91 Å². The molecule has 0 heterocycles. The van der Waals surface area contributed by atoms with Crippen LogP contribution in [0, 0.1) is 5.82 Å². The molecule has 0 fully saturated rings. The Bertz CT molecular complexity index is 499. The van der Waals surface area contributed by atoms with Crippen LogP contribution in [0.2, 0.25) is 0 Å². The van der Waals surface area contributed by atoms with Gasteiger partial charge in [0.05, 0.1) is 6.04 Å². The molecule has 0 aliphatic rings. The second-order valence-electron chi connectivity index (χ2n) is 4.81. The van der Waals surface area contributed by atoms with Crippen LogP contribution in [0.3, 0.4) is 0 Å². The predicted molar refractivity (Wildman–Crippen MR) is 66.2 cm³/mol. The lowest BCUT2D eigenvalue weighted by molar-refractivity contribution is -0.194. The van der Waals surface area contributed by atoms with Gasteiger partial charge in [0.1, 0.15) is 5.82 Å². The number of halogens is 4. The van der Waals surface area contributed by atoms with Crippen LogP contribution in [-0.2, 0) is 4.79 Å². The first-order valence-electron chi connectivity index (χ1n) is 5.87. The fraction of sp³-hybridized carbons (Fsp3) is 0.462. The normalized spacial score (nSPS) is 16.4. The molecule has 1 aromatic carbocycles. The number of nitrogens with zero attached hydrogens (tertiary/aromatic N) is 1. The number of hydrogen-bond donors (Lipinski definition) is 1. The minimum Gasteiger partial charge on any atom is -0.337 e. The maximum absolute atomic E-state index is 13.6. The molecule has 0 spiro atoms. The maximum atomic E-state index is 13.6. The summed E-state index contributed by atoms with van der Waals surface area (Å²) < 4.78 is 51.8. The summed E-state index contributed by atoms with van der Waals surface area (Å²) in [5.41, 5.74) is 2.20. The zero-order chi connectivity index (χ0) is 15.7. The van der Waals surface area contributed by atoms with E-state index < -0.39 is 29.5 Å². The second kappa shape index (κ2) is 5.40. The smallest absolute Gasteiger partial charge is 0.337 e. The summed E-state index contributed by atoms with van der Waals surface area (Å²) in [7, 11) is 1.16. The van der Waals surface area contributed by atoms with Crippen LogP contribution >= 0.6 is 0 Å². The molecule has 0 aliphatic heterocycles. The SMILES string of the molecule is CC(c1ccccc1F)N(C)C(=O)C(C)(N)C(F)(F)F. The van der Waals surface area contributed by atoms with Crippen molar-refractivity contribution in [1.82, 2.24) is 4.90 Å². The predicted octanol–water partition coefficient (Wildman–Crippen LogP) is 2.62. The van der Waals surface area contributed by atoms with E-state index in [0.29, 0.717) is 6.92 Å². The van der Waals surface area contributed by atoms with Crippen molar-refractivity contribution in [3.8, 4) is 0 Å². The molecular weight excluding hydrogens is 276 g/mol. The summed E-state index contributed by atoms with van der Waals surface area (Å²) in [5.74, 6) is -1.91. The number of carbonyl (C=O) groups is 1. The van der Waals surface area contributed by atoms with Crippen LogP contribution in [0.4, 0.5) is 17.6 Å². The third-order valence-electron chi connectivity index (χ3n) is 3.29. The van der Waals surface area contributed by atoms with Crippen LogP contribution in [0.25, 0.3) is 0 Å². The standard InChI is InChI=1S/C13H16F4N2O/c1-8(9-6-4-5-7-10(9)14)19(3)11(20)12(2,18)13(15,16)17/h4-8H,18H2,1-3H3. The Balaban J connectivity index is 3.04. The molecule has 0 saturated carbocycles. The van der Waals surface area contributed by atoms with Crippen molar-refractivity contribution in [2.24, 2.45) is 5.73 Å². The topological polar surface area (TPSA) is 46.3 Å². The number of carbonyl (C=O) groups excluding carboxylic acids is 1. The maximum Gasteiger partial charge on any atom is 0.415 e. The number of nitrogens with two attached hydrogens (primary N) is 1. The van der Waals surface area contributed by atoms with Crippen molar-refractivity contribution < 1.29 is 22.4 Å². The van der Waals surface area contributed by atoms with E-state index >= 15 is 0 Å². The Morgan fingerprint density at radius 2 is 1.80 bits per heavy atom. The van der Waals surface area contributed by atoms with Gasteiger partial charge in [-0.3, -0.25) is 4.79 Å². The molecule has 2 N–H and O–H groups in total. The van der Waals surface area contributed by atoms with Gasteiger partial charge in [0.15, 0.2) is 5.54 Å². The highest BCUT2D eigenvalue weighted by Crippen LogP contribution is 2.32. The minimum atomic E-state index is -4.88. The molecule has 0 aliphatic carbocycles. The Morgan fingerprint density at radius 3 is 2.25 bits per heavy atom. The monoisotopic (exact) mass is 292 g/mol. The lowest BCUT2D eigenvalue weighted by atomic mass is 9.99. The van der Waals surface area contributed by atoms with Crippen LogP contribution in [0.1, 0.15) is 25.5 Å². The Morgan fingerprint density at radius 1 is 1.30 bits per heavy atom. The van der Waals surface area contributed by atoms with Crippen LogP contribution in [0.15, 0.2) is 24.3 Å². The fourth-order valence-electron chi connectivity index (χ4n) is 1.69. The van der Waals surface area contributed by atoms with Gasteiger partial charge in [0.2, 0.25) is 0 Å². The number of hydrogen-bond acceptors (Lipinski definition) is 2. The molecule has 0 saturated heterocycles. The van der Waals surface area contributed by atoms with Gasteiger partial charge in [0, 0.05) is 12.6 Å². The number of amides is 1. The minimum absolute atomic E-state index is 0.126. The lowest BCUT2D eigenvalue weighted by Gasteiger charge is -2.34. The molecule has 112 valence electrons. The molecule has 7 heteroatoms. The largest absolute Gasteiger partial charge is 0.415 e. The van der Waals surface area contributed by atoms with E-state index in [2.05, 4.69) is 0 Å². The molecule has 20 heavy (non-hydrogen) atoms. The molecule has 0 aromatic heterocycles. The average molecular weight is 292 g/mol. The number of rotatable bonds is 3. The van der Waals surface area contributed by atoms with Crippen molar-refractivity contribution in [3.05, 3.63) is 35.6 Å². The molecule has 2 atom stereocenters. The van der Waals surface area contributed by atoms with Crippen molar-refractivity contribution in [2.75, 3.05) is 7.05 Å². The van der Waals surface area contributed by atoms with Crippen LogP contribution in [-0.4, -0.2) is 29.6 Å². The third-order valence-corrected chi connectivity index (χ3v) is 3.29. The molecule has 0 radical (unpaired) electrons. The molecule has 1 rings (SSSR count). The molecule has 2 unspecified atom stereocenters. The zero-order valence-corrected chi connectivity index (χ0v) is 11.3. The average Bonchev–Trinajstić information content (AvgIpc) is 2.35. The molecular formula is C13H16F4N2O. The van der Waals surface area contributed by atoms with Crippen molar-refractivity contribution >= 4 is 5.91 Å². The van der Waals surface area contributed by atoms with E-state index in [1.807, 2.05) is 0 Å². The number of benzene rings is 1. The third kappa shape index (κ3) is 2.92. The van der Waals surface area contributed by atoms with Gasteiger partial charge in [-0.2, -0.15) is 13.2 Å². The van der Waals surface area contributed by atoms with E-state index in [1.165, 1.54) is 25.1 Å². The summed E-state index contributed by atoms with van der Waals surface area (Å²) in [6, 6.07) is 4.71. The van der Waals surface area contributed by atoms with Crippen molar-refractivity contribution in [1.29, 1.82) is 0 Å². The zero-order valence-electron chi connectivity index (χ0n) is 11.3. The van der Waals surface area contributed by atoms with Crippen LogP contribution < -0.4 is 5.73 Å². The fourth-order valence-corrected chi connectivity index (χ4v) is 1.69. The summed E-state index contributed by atoms with van der Waals surface area (Å²) >= 11 is 0. The van der Waals surface area contributed by atoms with E-state index in [4.69, 9.17) is 5.73 Å². The van der Waals surface area contributed by atoms with Gasteiger partial charge in [-0.15, -0.1) is 0 Å². The second-order valence-corrected chi connectivity index (χ2v) is 4.81.